The SMILES string of the molecule is CN(C)C(=O)c1ccc(C=O)cc1C=O. The lowest BCUT2D eigenvalue weighted by atomic mass is 10.0. The zero-order valence-electron chi connectivity index (χ0n) is 8.56. The molecule has 78 valence electrons. The Labute approximate surface area is 87.5 Å². The van der Waals surface area contributed by atoms with E-state index in [4.69, 9.17) is 0 Å². The second kappa shape index (κ2) is 4.50. The predicted molar refractivity (Wildman–Crippen MR) is 55.2 cm³/mol. The minimum atomic E-state index is -0.255. The van der Waals surface area contributed by atoms with Gasteiger partial charge in [0, 0.05) is 25.2 Å². The van der Waals surface area contributed by atoms with Crippen LogP contribution in [-0.4, -0.2) is 37.5 Å². The molecular formula is C11H11NO3. The van der Waals surface area contributed by atoms with Crippen molar-refractivity contribution < 1.29 is 14.4 Å². The van der Waals surface area contributed by atoms with Crippen LogP contribution in [0.5, 0.6) is 0 Å². The Hall–Kier alpha value is -1.97. The minimum absolute atomic E-state index is 0.235. The van der Waals surface area contributed by atoms with Crippen LogP contribution in [0, 0.1) is 0 Å². The summed E-state index contributed by atoms with van der Waals surface area (Å²) in [5.41, 5.74) is 0.923. The van der Waals surface area contributed by atoms with Crippen LogP contribution in [-0.2, 0) is 0 Å². The molecule has 0 radical (unpaired) electrons. The van der Waals surface area contributed by atoms with E-state index >= 15 is 0 Å². The van der Waals surface area contributed by atoms with Gasteiger partial charge >= 0.3 is 0 Å². The Kier molecular flexibility index (Phi) is 3.33. The number of nitrogens with zero attached hydrogens (tertiary/aromatic N) is 1. The highest BCUT2D eigenvalue weighted by Crippen LogP contribution is 2.10. The number of carbonyl (C=O) groups is 3. The number of carbonyl (C=O) groups excluding carboxylic acids is 3. The van der Waals surface area contributed by atoms with Gasteiger partial charge in [0.15, 0.2) is 6.29 Å². The lowest BCUT2D eigenvalue weighted by Crippen LogP contribution is -2.23. The third-order valence-electron chi connectivity index (χ3n) is 1.98. The van der Waals surface area contributed by atoms with Gasteiger partial charge in [-0.05, 0) is 12.1 Å². The molecule has 1 amide bonds. The lowest BCUT2D eigenvalue weighted by molar-refractivity contribution is 0.0824. The Morgan fingerprint density at radius 3 is 2.33 bits per heavy atom. The molecule has 1 aromatic rings. The summed E-state index contributed by atoms with van der Waals surface area (Å²) >= 11 is 0. The molecule has 15 heavy (non-hydrogen) atoms. The van der Waals surface area contributed by atoms with Crippen LogP contribution in [0.4, 0.5) is 0 Å². The summed E-state index contributed by atoms with van der Waals surface area (Å²) in [5, 5.41) is 0. The molecule has 0 saturated carbocycles. The minimum Gasteiger partial charge on any atom is -0.345 e. The van der Waals surface area contributed by atoms with Crippen LogP contribution in [0.1, 0.15) is 31.1 Å². The third kappa shape index (κ3) is 2.28. The van der Waals surface area contributed by atoms with E-state index in [0.717, 1.165) is 0 Å². The Morgan fingerprint density at radius 2 is 1.87 bits per heavy atom. The van der Waals surface area contributed by atoms with E-state index < -0.39 is 0 Å². The highest BCUT2D eigenvalue weighted by molar-refractivity contribution is 6.02. The molecule has 0 aliphatic carbocycles. The van der Waals surface area contributed by atoms with Crippen molar-refractivity contribution in [3.63, 3.8) is 0 Å². The van der Waals surface area contributed by atoms with Crippen LogP contribution in [0.25, 0.3) is 0 Å². The average molecular weight is 205 g/mol. The zero-order valence-corrected chi connectivity index (χ0v) is 8.56. The van der Waals surface area contributed by atoms with Crippen molar-refractivity contribution in [2.75, 3.05) is 14.1 Å². The normalized spacial score (nSPS) is 9.47. The molecule has 4 nitrogen and oxygen atoms in total. The predicted octanol–water partition coefficient (Wildman–Crippen LogP) is 1.01. The first kappa shape index (κ1) is 11.1. The van der Waals surface area contributed by atoms with Gasteiger partial charge in [0.1, 0.15) is 6.29 Å². The van der Waals surface area contributed by atoms with Gasteiger partial charge in [0.2, 0.25) is 0 Å². The van der Waals surface area contributed by atoms with Crippen molar-refractivity contribution in [2.24, 2.45) is 0 Å². The van der Waals surface area contributed by atoms with Gasteiger partial charge in [0.05, 0.1) is 5.56 Å². The van der Waals surface area contributed by atoms with Gasteiger partial charge < -0.3 is 4.90 Å². The van der Waals surface area contributed by atoms with E-state index in [9.17, 15) is 14.4 Å². The standard InChI is InChI=1S/C11H11NO3/c1-12(2)11(15)10-4-3-8(6-13)5-9(10)7-14/h3-7H,1-2H3. The van der Waals surface area contributed by atoms with Gasteiger partial charge in [-0.3, -0.25) is 14.4 Å². The Balaban J connectivity index is 3.24. The fraction of sp³-hybridized carbons (Fsp3) is 0.182. The fourth-order valence-electron chi connectivity index (χ4n) is 1.19. The van der Waals surface area contributed by atoms with Gasteiger partial charge in [-0.25, -0.2) is 0 Å². The Morgan fingerprint density at radius 1 is 1.20 bits per heavy atom. The van der Waals surface area contributed by atoms with E-state index in [1.165, 1.54) is 23.1 Å². The first-order chi connectivity index (χ1) is 7.10. The molecule has 0 unspecified atom stereocenters. The van der Waals surface area contributed by atoms with Crippen LogP contribution in [0.3, 0.4) is 0 Å². The number of hydrogen-bond acceptors (Lipinski definition) is 3. The molecule has 0 aliphatic heterocycles. The molecule has 0 bridgehead atoms. The summed E-state index contributed by atoms with van der Waals surface area (Å²) in [7, 11) is 3.20. The summed E-state index contributed by atoms with van der Waals surface area (Å²) < 4.78 is 0. The van der Waals surface area contributed by atoms with Crippen molar-refractivity contribution in [3.8, 4) is 0 Å². The smallest absolute Gasteiger partial charge is 0.254 e. The molecule has 1 aromatic carbocycles. The number of hydrogen-bond donors (Lipinski definition) is 0. The van der Waals surface area contributed by atoms with Crippen LogP contribution >= 0.6 is 0 Å². The van der Waals surface area contributed by atoms with E-state index in [1.807, 2.05) is 0 Å². The summed E-state index contributed by atoms with van der Waals surface area (Å²) in [5.74, 6) is -0.255. The first-order valence-electron chi connectivity index (χ1n) is 4.36. The lowest BCUT2D eigenvalue weighted by Gasteiger charge is -2.11. The van der Waals surface area contributed by atoms with Crippen molar-refractivity contribution in [3.05, 3.63) is 34.9 Å². The molecule has 1 rings (SSSR count). The molecule has 0 N–H and O–H groups in total. The quantitative estimate of drug-likeness (QED) is 0.692. The van der Waals surface area contributed by atoms with Gasteiger partial charge in [0.25, 0.3) is 5.91 Å². The molecule has 0 aliphatic rings. The van der Waals surface area contributed by atoms with Gasteiger partial charge in [-0.1, -0.05) is 6.07 Å². The molecule has 0 heterocycles. The van der Waals surface area contributed by atoms with Crippen LogP contribution in [0.2, 0.25) is 0 Å². The summed E-state index contributed by atoms with van der Waals surface area (Å²) in [6.45, 7) is 0. The van der Waals surface area contributed by atoms with Crippen LogP contribution < -0.4 is 0 Å². The van der Waals surface area contributed by atoms with E-state index in [0.29, 0.717) is 23.7 Å². The molecule has 4 heteroatoms. The molecule has 0 fully saturated rings. The maximum Gasteiger partial charge on any atom is 0.254 e. The molecular weight excluding hydrogens is 194 g/mol. The number of benzene rings is 1. The largest absolute Gasteiger partial charge is 0.345 e. The first-order valence-corrected chi connectivity index (χ1v) is 4.36. The average Bonchev–Trinajstić information content (AvgIpc) is 2.27. The number of rotatable bonds is 3. The highest BCUT2D eigenvalue weighted by atomic mass is 16.2. The maximum absolute atomic E-state index is 11.6. The second-order valence-electron chi connectivity index (χ2n) is 3.28. The van der Waals surface area contributed by atoms with Crippen molar-refractivity contribution in [1.29, 1.82) is 0 Å². The monoisotopic (exact) mass is 205 g/mol. The molecule has 0 aromatic heterocycles. The molecule has 0 saturated heterocycles. The maximum atomic E-state index is 11.6. The second-order valence-corrected chi connectivity index (χ2v) is 3.28. The topological polar surface area (TPSA) is 54.5 Å². The van der Waals surface area contributed by atoms with E-state index in [-0.39, 0.29) is 11.5 Å². The van der Waals surface area contributed by atoms with E-state index in [2.05, 4.69) is 0 Å². The van der Waals surface area contributed by atoms with Crippen molar-refractivity contribution in [2.45, 2.75) is 0 Å². The van der Waals surface area contributed by atoms with Gasteiger partial charge in [-0.2, -0.15) is 0 Å². The third-order valence-corrected chi connectivity index (χ3v) is 1.98. The summed E-state index contributed by atoms with van der Waals surface area (Å²) in [6.07, 6.45) is 1.21. The van der Waals surface area contributed by atoms with Crippen molar-refractivity contribution in [1.82, 2.24) is 4.90 Å². The summed E-state index contributed by atoms with van der Waals surface area (Å²) in [6, 6.07) is 4.39. The van der Waals surface area contributed by atoms with Crippen LogP contribution in [0.15, 0.2) is 18.2 Å². The fourth-order valence-corrected chi connectivity index (χ4v) is 1.19. The molecule has 0 spiro atoms. The number of aldehydes is 2. The molecule has 0 atom stereocenters. The van der Waals surface area contributed by atoms with Gasteiger partial charge in [-0.15, -0.1) is 0 Å². The van der Waals surface area contributed by atoms with Crippen molar-refractivity contribution >= 4 is 18.5 Å². The number of amides is 1. The Bertz CT molecular complexity index is 410. The van der Waals surface area contributed by atoms with E-state index in [1.54, 1.807) is 14.1 Å². The highest BCUT2D eigenvalue weighted by Gasteiger charge is 2.12. The zero-order chi connectivity index (χ0) is 11.4. The summed E-state index contributed by atoms with van der Waals surface area (Å²) in [4.78, 5) is 34.2.